The van der Waals surface area contributed by atoms with E-state index in [0.717, 1.165) is 5.56 Å². The fourth-order valence-corrected chi connectivity index (χ4v) is 3.34. The first-order valence-corrected chi connectivity index (χ1v) is 9.97. The number of esters is 1. The Morgan fingerprint density at radius 2 is 1.90 bits per heavy atom. The van der Waals surface area contributed by atoms with Gasteiger partial charge in [-0.15, -0.1) is 10.2 Å². The summed E-state index contributed by atoms with van der Waals surface area (Å²) in [5.74, 6) is -0.827. The molecule has 0 aliphatic carbocycles. The lowest BCUT2D eigenvalue weighted by Gasteiger charge is -2.16. The molecule has 0 aliphatic rings. The van der Waals surface area contributed by atoms with Crippen molar-refractivity contribution in [3.63, 3.8) is 0 Å². The van der Waals surface area contributed by atoms with Crippen LogP contribution in [0.2, 0.25) is 0 Å². The van der Waals surface area contributed by atoms with Gasteiger partial charge >= 0.3 is 12.0 Å². The van der Waals surface area contributed by atoms with E-state index in [1.807, 2.05) is 48.5 Å². The third-order valence-corrected chi connectivity index (χ3v) is 4.84. The summed E-state index contributed by atoms with van der Waals surface area (Å²) in [7, 11) is 0. The molecule has 9 heteroatoms. The molecule has 0 radical (unpaired) electrons. The maximum atomic E-state index is 12.3. The standard InChI is InChI=1S/C20H21N5O3S/c1-2-28-18(26)15(12-14-8-4-3-5-9-14)13-22-19(27)23-20-25-24-17(29-20)16-10-6-7-11-21-16/h3-11,15H,2,12-13H2,1H3,(H2,22,23,25,27). The Morgan fingerprint density at radius 1 is 1.10 bits per heavy atom. The Kier molecular flexibility index (Phi) is 7.23. The van der Waals surface area contributed by atoms with Crippen molar-refractivity contribution in [1.29, 1.82) is 0 Å². The summed E-state index contributed by atoms with van der Waals surface area (Å²) < 4.78 is 5.14. The summed E-state index contributed by atoms with van der Waals surface area (Å²) in [6.07, 6.45) is 2.14. The van der Waals surface area contributed by atoms with Gasteiger partial charge in [-0.05, 0) is 31.0 Å². The summed E-state index contributed by atoms with van der Waals surface area (Å²) in [4.78, 5) is 28.7. The van der Waals surface area contributed by atoms with Crippen LogP contribution in [0.5, 0.6) is 0 Å². The zero-order valence-electron chi connectivity index (χ0n) is 15.9. The number of nitrogens with zero attached hydrogens (tertiary/aromatic N) is 3. The maximum Gasteiger partial charge on any atom is 0.321 e. The van der Waals surface area contributed by atoms with Crippen molar-refractivity contribution in [2.45, 2.75) is 13.3 Å². The number of carbonyl (C=O) groups excluding carboxylic acids is 2. The fourth-order valence-electron chi connectivity index (χ4n) is 2.62. The number of nitrogens with one attached hydrogen (secondary N) is 2. The molecule has 8 nitrogen and oxygen atoms in total. The van der Waals surface area contributed by atoms with Crippen molar-refractivity contribution in [2.24, 2.45) is 5.92 Å². The molecule has 0 spiro atoms. The van der Waals surface area contributed by atoms with Gasteiger partial charge in [-0.3, -0.25) is 15.1 Å². The lowest BCUT2D eigenvalue weighted by molar-refractivity contribution is -0.147. The van der Waals surface area contributed by atoms with Gasteiger partial charge in [0, 0.05) is 12.7 Å². The smallest absolute Gasteiger partial charge is 0.321 e. The van der Waals surface area contributed by atoms with Crippen LogP contribution in [0.15, 0.2) is 54.7 Å². The predicted octanol–water partition coefficient (Wildman–Crippen LogP) is 3.14. The third kappa shape index (κ3) is 6.08. The summed E-state index contributed by atoms with van der Waals surface area (Å²) in [5, 5.41) is 14.3. The first kappa shape index (κ1) is 20.4. The van der Waals surface area contributed by atoms with Crippen LogP contribution in [0, 0.1) is 5.92 Å². The molecule has 2 heterocycles. The second-order valence-electron chi connectivity index (χ2n) is 6.10. The highest BCUT2D eigenvalue weighted by Gasteiger charge is 2.21. The van der Waals surface area contributed by atoms with Crippen molar-refractivity contribution < 1.29 is 14.3 Å². The topological polar surface area (TPSA) is 106 Å². The minimum absolute atomic E-state index is 0.144. The summed E-state index contributed by atoms with van der Waals surface area (Å²) >= 11 is 1.22. The van der Waals surface area contributed by atoms with Crippen LogP contribution in [-0.4, -0.2) is 40.3 Å². The number of hydrogen-bond donors (Lipinski definition) is 2. The van der Waals surface area contributed by atoms with Crippen LogP contribution in [0.25, 0.3) is 10.7 Å². The number of aromatic nitrogens is 3. The molecule has 0 fully saturated rings. The maximum absolute atomic E-state index is 12.3. The molecule has 2 amide bonds. The van der Waals surface area contributed by atoms with Gasteiger partial charge < -0.3 is 10.1 Å². The summed E-state index contributed by atoms with van der Waals surface area (Å²) in [6.45, 7) is 2.19. The molecule has 0 saturated carbocycles. The van der Waals surface area contributed by atoms with Crippen molar-refractivity contribution in [3.8, 4) is 10.7 Å². The number of urea groups is 1. The van der Waals surface area contributed by atoms with E-state index in [1.165, 1.54) is 11.3 Å². The number of carbonyl (C=O) groups is 2. The van der Waals surface area contributed by atoms with E-state index >= 15 is 0 Å². The molecular formula is C20H21N5O3S. The lowest BCUT2D eigenvalue weighted by Crippen LogP contribution is -2.37. The van der Waals surface area contributed by atoms with E-state index in [4.69, 9.17) is 4.74 Å². The molecule has 0 aliphatic heterocycles. The Labute approximate surface area is 172 Å². The molecule has 0 bridgehead atoms. The molecule has 3 rings (SSSR count). The SMILES string of the molecule is CCOC(=O)C(CNC(=O)Nc1nnc(-c2ccccn2)s1)Cc1ccccc1. The molecule has 150 valence electrons. The average Bonchev–Trinajstić information content (AvgIpc) is 3.21. The Hall–Kier alpha value is -3.33. The number of rotatable bonds is 8. The highest BCUT2D eigenvalue weighted by atomic mass is 32.1. The number of amides is 2. The molecule has 1 aromatic carbocycles. The number of benzene rings is 1. The molecule has 1 unspecified atom stereocenters. The molecule has 2 N–H and O–H groups in total. The number of anilines is 1. The van der Waals surface area contributed by atoms with Crippen LogP contribution in [0.1, 0.15) is 12.5 Å². The number of hydrogen-bond acceptors (Lipinski definition) is 7. The minimum Gasteiger partial charge on any atom is -0.466 e. The summed E-state index contributed by atoms with van der Waals surface area (Å²) in [5.41, 5.74) is 1.68. The van der Waals surface area contributed by atoms with Crippen LogP contribution in [0.4, 0.5) is 9.93 Å². The van der Waals surface area contributed by atoms with Crippen LogP contribution >= 0.6 is 11.3 Å². The normalized spacial score (nSPS) is 11.5. The van der Waals surface area contributed by atoms with Crippen molar-refractivity contribution in [1.82, 2.24) is 20.5 Å². The summed E-state index contributed by atoms with van der Waals surface area (Å²) in [6, 6.07) is 14.6. The van der Waals surface area contributed by atoms with Gasteiger partial charge in [-0.25, -0.2) is 4.79 Å². The van der Waals surface area contributed by atoms with E-state index in [-0.39, 0.29) is 19.1 Å². The second kappa shape index (κ2) is 10.3. The van der Waals surface area contributed by atoms with Gasteiger partial charge in [0.1, 0.15) is 5.69 Å². The third-order valence-electron chi connectivity index (χ3n) is 3.98. The molecule has 3 aromatic rings. The van der Waals surface area contributed by atoms with Crippen molar-refractivity contribution >= 4 is 28.5 Å². The Bertz CT molecular complexity index is 934. The van der Waals surface area contributed by atoms with E-state index < -0.39 is 11.9 Å². The van der Waals surface area contributed by atoms with Gasteiger partial charge in [0.05, 0.1) is 12.5 Å². The van der Waals surface area contributed by atoms with Gasteiger partial charge in [-0.1, -0.05) is 47.7 Å². The van der Waals surface area contributed by atoms with Crippen LogP contribution < -0.4 is 10.6 Å². The van der Waals surface area contributed by atoms with E-state index in [9.17, 15) is 9.59 Å². The van der Waals surface area contributed by atoms with Gasteiger partial charge in [0.2, 0.25) is 5.13 Å². The predicted molar refractivity (Wildman–Crippen MR) is 110 cm³/mol. The lowest BCUT2D eigenvalue weighted by atomic mass is 9.99. The van der Waals surface area contributed by atoms with E-state index in [0.29, 0.717) is 22.3 Å². The van der Waals surface area contributed by atoms with Crippen molar-refractivity contribution in [2.75, 3.05) is 18.5 Å². The molecule has 29 heavy (non-hydrogen) atoms. The zero-order valence-corrected chi connectivity index (χ0v) is 16.7. The highest BCUT2D eigenvalue weighted by Crippen LogP contribution is 2.24. The molecule has 1 atom stereocenters. The quantitative estimate of drug-likeness (QED) is 0.552. The second-order valence-corrected chi connectivity index (χ2v) is 7.08. The molecular weight excluding hydrogens is 390 g/mol. The average molecular weight is 411 g/mol. The van der Waals surface area contributed by atoms with Crippen LogP contribution in [0.3, 0.4) is 0 Å². The monoisotopic (exact) mass is 411 g/mol. The minimum atomic E-state index is -0.485. The van der Waals surface area contributed by atoms with Gasteiger partial charge in [0.25, 0.3) is 0 Å². The van der Waals surface area contributed by atoms with Crippen LogP contribution in [-0.2, 0) is 16.0 Å². The van der Waals surface area contributed by atoms with Gasteiger partial charge in [0.15, 0.2) is 5.01 Å². The Morgan fingerprint density at radius 3 is 2.62 bits per heavy atom. The fraction of sp³-hybridized carbons (Fsp3) is 0.250. The first-order valence-electron chi connectivity index (χ1n) is 9.16. The molecule has 2 aromatic heterocycles. The van der Waals surface area contributed by atoms with E-state index in [2.05, 4.69) is 25.8 Å². The van der Waals surface area contributed by atoms with E-state index in [1.54, 1.807) is 13.1 Å². The zero-order chi connectivity index (χ0) is 20.5. The largest absolute Gasteiger partial charge is 0.466 e. The number of ether oxygens (including phenoxy) is 1. The number of pyridine rings is 1. The van der Waals surface area contributed by atoms with Crippen molar-refractivity contribution in [3.05, 3.63) is 60.3 Å². The highest BCUT2D eigenvalue weighted by molar-refractivity contribution is 7.18. The Balaban J connectivity index is 1.57. The molecule has 0 saturated heterocycles. The first-order chi connectivity index (χ1) is 14.2. The van der Waals surface area contributed by atoms with Gasteiger partial charge in [-0.2, -0.15) is 0 Å².